The highest BCUT2D eigenvalue weighted by Crippen LogP contribution is 2.67. The van der Waals surface area contributed by atoms with Crippen LogP contribution in [0.1, 0.15) is 72.1 Å². The lowest BCUT2D eigenvalue weighted by Gasteiger charge is -2.62. The van der Waals surface area contributed by atoms with Crippen molar-refractivity contribution in [2.75, 3.05) is 7.11 Å². The van der Waals surface area contributed by atoms with Gasteiger partial charge in [-0.15, -0.1) is 0 Å². The topological polar surface area (TPSA) is 66.8 Å². The smallest absolute Gasteiger partial charge is 0.305 e. The first-order chi connectivity index (χ1) is 13.7. The molecule has 0 aliphatic heterocycles. The van der Waals surface area contributed by atoms with Crippen molar-refractivity contribution < 1.29 is 19.7 Å². The summed E-state index contributed by atoms with van der Waals surface area (Å²) in [6, 6.07) is 0. The predicted molar refractivity (Wildman–Crippen MR) is 113 cm³/mol. The summed E-state index contributed by atoms with van der Waals surface area (Å²) in [5, 5.41) is 22.8. The number of allylic oxidation sites excluding steroid dienone is 2. The third-order valence-electron chi connectivity index (χ3n) is 10.1. The lowest BCUT2D eigenvalue weighted by molar-refractivity contribution is -0.194. The SMILES string of the molecule is COC(=O)CC[C@@H](C)[C@H]1CC[C@H]2C3[C@H](O)C[C@@H]4CC=CC[C@]4(C)[C@H]3C[C@H](O)[C@]12C. The molecule has 0 bridgehead atoms. The zero-order chi connectivity index (χ0) is 21.0. The number of fused-ring (bicyclic) bond motifs is 5. The number of hydrogen-bond acceptors (Lipinski definition) is 4. The Bertz CT molecular complexity index is 659. The largest absolute Gasteiger partial charge is 0.469 e. The highest BCUT2D eigenvalue weighted by molar-refractivity contribution is 5.69. The van der Waals surface area contributed by atoms with Crippen LogP contribution in [0.25, 0.3) is 0 Å². The third-order valence-corrected chi connectivity index (χ3v) is 10.1. The maximum absolute atomic E-state index is 11.6. The molecule has 4 heteroatoms. The van der Waals surface area contributed by atoms with Crippen LogP contribution in [-0.4, -0.2) is 35.5 Å². The maximum atomic E-state index is 11.6. The molecule has 2 N–H and O–H groups in total. The number of carbonyl (C=O) groups is 1. The van der Waals surface area contributed by atoms with Crippen LogP contribution in [0.15, 0.2) is 12.2 Å². The van der Waals surface area contributed by atoms with Crippen LogP contribution in [-0.2, 0) is 9.53 Å². The molecule has 29 heavy (non-hydrogen) atoms. The van der Waals surface area contributed by atoms with Crippen LogP contribution in [0.4, 0.5) is 0 Å². The number of aliphatic hydroxyl groups excluding tert-OH is 2. The molecule has 164 valence electrons. The summed E-state index contributed by atoms with van der Waals surface area (Å²) in [7, 11) is 1.45. The van der Waals surface area contributed by atoms with Gasteiger partial charge in [0.2, 0.25) is 0 Å². The summed E-state index contributed by atoms with van der Waals surface area (Å²) in [5.41, 5.74) is 0.0426. The Labute approximate surface area is 176 Å². The Morgan fingerprint density at radius 1 is 1.17 bits per heavy atom. The molecule has 4 rings (SSSR count). The fourth-order valence-corrected chi connectivity index (χ4v) is 8.38. The number of hydrogen-bond donors (Lipinski definition) is 2. The van der Waals surface area contributed by atoms with Gasteiger partial charge in [-0.2, -0.15) is 0 Å². The van der Waals surface area contributed by atoms with Gasteiger partial charge in [0, 0.05) is 6.42 Å². The molecule has 4 aliphatic rings. The van der Waals surface area contributed by atoms with E-state index in [-0.39, 0.29) is 29.0 Å². The molecule has 0 amide bonds. The van der Waals surface area contributed by atoms with Crippen molar-refractivity contribution in [3.05, 3.63) is 12.2 Å². The van der Waals surface area contributed by atoms with E-state index in [0.29, 0.717) is 41.9 Å². The van der Waals surface area contributed by atoms with E-state index in [4.69, 9.17) is 4.74 Å². The van der Waals surface area contributed by atoms with E-state index in [1.807, 2.05) is 0 Å². The van der Waals surface area contributed by atoms with Crippen LogP contribution in [0.3, 0.4) is 0 Å². The van der Waals surface area contributed by atoms with Gasteiger partial charge in [0.25, 0.3) is 0 Å². The fourth-order valence-electron chi connectivity index (χ4n) is 8.38. The third kappa shape index (κ3) is 3.20. The minimum absolute atomic E-state index is 0.146. The molecule has 0 spiro atoms. The van der Waals surface area contributed by atoms with Crippen molar-refractivity contribution in [3.63, 3.8) is 0 Å². The second-order valence-electron chi connectivity index (χ2n) is 11.1. The molecule has 0 aromatic carbocycles. The van der Waals surface area contributed by atoms with Gasteiger partial charge >= 0.3 is 5.97 Å². The average Bonchev–Trinajstić information content (AvgIpc) is 3.05. The van der Waals surface area contributed by atoms with Gasteiger partial charge in [-0.1, -0.05) is 32.9 Å². The summed E-state index contributed by atoms with van der Waals surface area (Å²) in [5.74, 6) is 2.24. The number of rotatable bonds is 4. The molecule has 3 saturated carbocycles. The second-order valence-corrected chi connectivity index (χ2v) is 11.1. The molecular weight excluding hydrogens is 364 g/mol. The standard InChI is InChI=1S/C25H40O4/c1-15(8-11-22(28)29-4)17-9-10-18-23-19(14-21(27)25(17,18)3)24(2)12-6-5-7-16(24)13-20(23)26/h5-6,15-21,23,26-27H,7-14H2,1-4H3/t15-,16+,17-,18+,19+,20-,21+,23?,24+,25-/m1/s1. The van der Waals surface area contributed by atoms with E-state index in [1.54, 1.807) is 0 Å². The van der Waals surface area contributed by atoms with Gasteiger partial charge in [0.05, 0.1) is 19.3 Å². The molecule has 10 atom stereocenters. The van der Waals surface area contributed by atoms with Gasteiger partial charge in [0.15, 0.2) is 0 Å². The van der Waals surface area contributed by atoms with Crippen molar-refractivity contribution in [1.29, 1.82) is 0 Å². The molecule has 0 saturated heterocycles. The molecule has 4 nitrogen and oxygen atoms in total. The summed E-state index contributed by atoms with van der Waals surface area (Å²) >= 11 is 0. The van der Waals surface area contributed by atoms with Crippen LogP contribution in [0, 0.1) is 46.3 Å². The summed E-state index contributed by atoms with van der Waals surface area (Å²) in [6.45, 7) is 6.94. The lowest BCUT2D eigenvalue weighted by Crippen LogP contribution is -2.61. The highest BCUT2D eigenvalue weighted by atomic mass is 16.5. The quantitative estimate of drug-likeness (QED) is 0.540. The van der Waals surface area contributed by atoms with E-state index >= 15 is 0 Å². The van der Waals surface area contributed by atoms with Gasteiger partial charge < -0.3 is 14.9 Å². The van der Waals surface area contributed by atoms with Gasteiger partial charge in [-0.05, 0) is 91.3 Å². The molecule has 3 fully saturated rings. The molecule has 4 aliphatic carbocycles. The zero-order valence-corrected chi connectivity index (χ0v) is 18.6. The first-order valence-corrected chi connectivity index (χ1v) is 11.8. The van der Waals surface area contributed by atoms with E-state index in [2.05, 4.69) is 32.9 Å². The first-order valence-electron chi connectivity index (χ1n) is 11.8. The molecule has 0 aromatic rings. The Balaban J connectivity index is 1.59. The Kier molecular flexibility index (Phi) is 5.65. The van der Waals surface area contributed by atoms with Crippen molar-refractivity contribution >= 4 is 5.97 Å². The predicted octanol–water partition coefficient (Wildman–Crippen LogP) is 4.34. The van der Waals surface area contributed by atoms with Gasteiger partial charge in [-0.25, -0.2) is 0 Å². The van der Waals surface area contributed by atoms with Gasteiger partial charge in [-0.3, -0.25) is 4.79 Å². The first kappa shape index (κ1) is 21.4. The van der Waals surface area contributed by atoms with E-state index in [9.17, 15) is 15.0 Å². The summed E-state index contributed by atoms with van der Waals surface area (Å²) in [4.78, 5) is 11.6. The second kappa shape index (κ2) is 7.67. The van der Waals surface area contributed by atoms with Crippen molar-refractivity contribution in [1.82, 2.24) is 0 Å². The Hall–Kier alpha value is -0.870. The maximum Gasteiger partial charge on any atom is 0.305 e. The molecular formula is C25H40O4. The monoisotopic (exact) mass is 404 g/mol. The number of ether oxygens (including phenoxy) is 1. The molecule has 0 heterocycles. The highest BCUT2D eigenvalue weighted by Gasteiger charge is 2.65. The molecule has 1 unspecified atom stereocenters. The van der Waals surface area contributed by atoms with E-state index in [0.717, 1.165) is 44.9 Å². The number of aliphatic hydroxyl groups is 2. The fraction of sp³-hybridized carbons (Fsp3) is 0.880. The van der Waals surface area contributed by atoms with Crippen molar-refractivity contribution in [2.24, 2.45) is 46.3 Å². The normalized spacial score (nSPS) is 49.7. The van der Waals surface area contributed by atoms with E-state index in [1.165, 1.54) is 7.11 Å². The number of carbonyl (C=O) groups excluding carboxylic acids is 1. The van der Waals surface area contributed by atoms with E-state index < -0.39 is 0 Å². The van der Waals surface area contributed by atoms with Crippen molar-refractivity contribution in [2.45, 2.75) is 84.3 Å². The summed E-state index contributed by atoms with van der Waals surface area (Å²) in [6.07, 6.45) is 11.4. The van der Waals surface area contributed by atoms with Crippen LogP contribution in [0.2, 0.25) is 0 Å². The van der Waals surface area contributed by atoms with Crippen molar-refractivity contribution in [3.8, 4) is 0 Å². The Morgan fingerprint density at radius 3 is 2.66 bits per heavy atom. The summed E-state index contributed by atoms with van der Waals surface area (Å²) < 4.78 is 4.84. The zero-order valence-electron chi connectivity index (χ0n) is 18.6. The average molecular weight is 405 g/mol. The van der Waals surface area contributed by atoms with Crippen LogP contribution >= 0.6 is 0 Å². The number of methoxy groups -OCH3 is 1. The Morgan fingerprint density at radius 2 is 1.93 bits per heavy atom. The number of esters is 1. The van der Waals surface area contributed by atoms with Gasteiger partial charge in [0.1, 0.15) is 0 Å². The minimum atomic E-state index is -0.324. The molecule has 0 aromatic heterocycles. The lowest BCUT2D eigenvalue weighted by atomic mass is 9.43. The van der Waals surface area contributed by atoms with Crippen LogP contribution < -0.4 is 0 Å². The minimum Gasteiger partial charge on any atom is -0.469 e. The van der Waals surface area contributed by atoms with Crippen LogP contribution in [0.5, 0.6) is 0 Å². The molecule has 0 radical (unpaired) electrons.